The minimum atomic E-state index is -2.26. The highest BCUT2D eigenvalue weighted by molar-refractivity contribution is 5.76. The van der Waals surface area contributed by atoms with Gasteiger partial charge in [0.15, 0.2) is 37.7 Å². The summed E-state index contributed by atoms with van der Waals surface area (Å²) in [6.45, 7) is 2.41. The fourth-order valence-electron chi connectivity index (χ4n) is 15.8. The van der Waals surface area contributed by atoms with Crippen LogP contribution in [0.4, 0.5) is 0 Å². The molecule has 35 heteroatoms. The molecule has 682 valence electrons. The fraction of sp³-hybridized carbons (Fsp3) is 0.915. The van der Waals surface area contributed by atoms with Gasteiger partial charge in [0.05, 0.1) is 57.9 Å². The van der Waals surface area contributed by atoms with E-state index in [1.807, 2.05) is 6.08 Å². The summed E-state index contributed by atoms with van der Waals surface area (Å²) in [6, 6.07) is -4.57. The normalized spacial score (nSPS) is 36.2. The van der Waals surface area contributed by atoms with Crippen molar-refractivity contribution in [3.63, 3.8) is 0 Å². The maximum absolute atomic E-state index is 13.6. The zero-order valence-corrected chi connectivity index (χ0v) is 69.4. The van der Waals surface area contributed by atoms with E-state index in [9.17, 15) is 101 Å². The second-order valence-electron chi connectivity index (χ2n) is 32.4. The Hall–Kier alpha value is -3.27. The summed E-state index contributed by atoms with van der Waals surface area (Å²) in [4.78, 5) is 39.5. The summed E-state index contributed by atoms with van der Waals surface area (Å²) >= 11 is 0. The van der Waals surface area contributed by atoms with E-state index in [-0.39, 0.29) is 12.3 Å². The van der Waals surface area contributed by atoms with Gasteiger partial charge in [-0.1, -0.05) is 192 Å². The van der Waals surface area contributed by atoms with Crippen LogP contribution in [0.2, 0.25) is 0 Å². The van der Waals surface area contributed by atoms with Crippen LogP contribution in [-0.4, -0.2) is 340 Å². The van der Waals surface area contributed by atoms with E-state index in [0.29, 0.717) is 12.8 Å². The number of allylic oxidation sites excluding steroid dienone is 3. The molecule has 6 aliphatic rings. The summed E-state index contributed by atoms with van der Waals surface area (Å²) in [6.07, 6.45) is -9.77. The number of hydrogen-bond acceptors (Lipinski definition) is 32. The molecule has 0 saturated carbocycles. The van der Waals surface area contributed by atoms with Crippen LogP contribution in [0.3, 0.4) is 0 Å². The topological polar surface area (TPSA) is 542 Å². The van der Waals surface area contributed by atoms with Gasteiger partial charge in [-0.25, -0.2) is 0 Å². The van der Waals surface area contributed by atoms with Crippen LogP contribution < -0.4 is 16.0 Å². The molecule has 0 bridgehead atoms. The number of unbranched alkanes of at least 4 members (excludes halogenated alkanes) is 28. The summed E-state index contributed by atoms with van der Waals surface area (Å²) in [5, 5.41) is 198. The van der Waals surface area contributed by atoms with E-state index in [1.54, 1.807) is 6.08 Å². The fourth-order valence-corrected chi connectivity index (χ4v) is 15.8. The zero-order valence-electron chi connectivity index (χ0n) is 69.4. The van der Waals surface area contributed by atoms with E-state index in [0.717, 1.165) is 71.6 Å². The lowest BCUT2D eigenvalue weighted by atomic mass is 9.93. The molecule has 0 aromatic rings. The van der Waals surface area contributed by atoms with Crippen molar-refractivity contribution in [1.29, 1.82) is 0 Å². The molecule has 6 heterocycles. The number of amides is 3. The molecule has 6 rings (SSSR count). The molecule has 0 radical (unpaired) electrons. The first-order valence-corrected chi connectivity index (χ1v) is 43.5. The Kier molecular flexibility index (Phi) is 48.9. The van der Waals surface area contributed by atoms with Crippen LogP contribution in [0.5, 0.6) is 0 Å². The van der Waals surface area contributed by atoms with Crippen molar-refractivity contribution in [1.82, 2.24) is 16.0 Å². The van der Waals surface area contributed by atoms with E-state index in [1.165, 1.54) is 135 Å². The molecule has 35 nitrogen and oxygen atoms in total. The van der Waals surface area contributed by atoms with Crippen LogP contribution in [0.15, 0.2) is 24.3 Å². The molecule has 0 aromatic carbocycles. The summed E-state index contributed by atoms with van der Waals surface area (Å²) in [5.74, 6) is -2.02. The quantitative estimate of drug-likeness (QED) is 0.0295. The predicted octanol–water partition coefficient (Wildman–Crippen LogP) is 0.720. The number of carbonyl (C=O) groups is 3. The Morgan fingerprint density at radius 1 is 0.350 bits per heavy atom. The molecule has 6 fully saturated rings. The van der Waals surface area contributed by atoms with Gasteiger partial charge in [-0.3, -0.25) is 14.4 Å². The lowest BCUT2D eigenvalue weighted by Crippen LogP contribution is -2.71. The molecule has 12 unspecified atom stereocenters. The van der Waals surface area contributed by atoms with E-state index >= 15 is 0 Å². The number of carbonyl (C=O) groups excluding carboxylic acids is 3. The van der Waals surface area contributed by atoms with Crippen molar-refractivity contribution in [2.45, 2.75) is 436 Å². The molecule has 6 aliphatic heterocycles. The molecule has 3 amide bonds. The molecule has 32 atom stereocenters. The Balaban J connectivity index is 1.06. The third kappa shape index (κ3) is 32.7. The lowest BCUT2D eigenvalue weighted by Gasteiger charge is -2.51. The van der Waals surface area contributed by atoms with Gasteiger partial charge in [0.1, 0.15) is 140 Å². The highest BCUT2D eigenvalue weighted by Crippen LogP contribution is 2.38. The maximum Gasteiger partial charge on any atom is 0.220 e. The average Bonchev–Trinajstić information content (AvgIpc) is 0.760. The van der Waals surface area contributed by atoms with Crippen LogP contribution in [0, 0.1) is 0 Å². The summed E-state index contributed by atoms with van der Waals surface area (Å²) < 4.78 is 71.4. The first-order valence-electron chi connectivity index (χ1n) is 43.5. The third-order valence-corrected chi connectivity index (χ3v) is 22.8. The smallest absolute Gasteiger partial charge is 0.220 e. The molecule has 0 aliphatic carbocycles. The van der Waals surface area contributed by atoms with E-state index < -0.39 is 248 Å². The largest absolute Gasteiger partial charge is 0.394 e. The second-order valence-corrected chi connectivity index (χ2v) is 32.4. The highest BCUT2D eigenvalue weighted by atomic mass is 16.8. The molecular weight excluding hydrogens is 1540 g/mol. The Morgan fingerprint density at radius 2 is 0.675 bits per heavy atom. The Morgan fingerprint density at radius 3 is 1.10 bits per heavy atom. The first-order chi connectivity index (χ1) is 56.3. The van der Waals surface area contributed by atoms with Crippen molar-refractivity contribution in [3.05, 3.63) is 24.3 Å². The van der Waals surface area contributed by atoms with Gasteiger partial charge < -0.3 is 160 Å². The number of hydrogen-bond donors (Lipinski definition) is 20. The molecule has 117 heavy (non-hydrogen) atoms. The molecule has 0 spiro atoms. The molecule has 6 saturated heterocycles. The van der Waals surface area contributed by atoms with Gasteiger partial charge in [-0.15, -0.1) is 0 Å². The zero-order chi connectivity index (χ0) is 85.5. The number of aliphatic hydroxyl groups is 17. The first kappa shape index (κ1) is 103. The lowest BCUT2D eigenvalue weighted by molar-refractivity contribution is -0.385. The van der Waals surface area contributed by atoms with Gasteiger partial charge in [-0.05, 0) is 51.9 Å². The van der Waals surface area contributed by atoms with Gasteiger partial charge in [0.2, 0.25) is 17.7 Å². The predicted molar refractivity (Wildman–Crippen MR) is 420 cm³/mol. The monoisotopic (exact) mass is 1690 g/mol. The average molecular weight is 1690 g/mol. The van der Waals surface area contributed by atoms with E-state index in [4.69, 9.17) is 56.8 Å². The summed E-state index contributed by atoms with van der Waals surface area (Å²) in [7, 11) is 0. The van der Waals surface area contributed by atoms with Crippen LogP contribution in [-0.2, 0) is 71.2 Å². The number of aliphatic hydroxyl groups excluding tert-OH is 17. The maximum atomic E-state index is 13.6. The molecule has 20 N–H and O–H groups in total. The molecular formula is C82H147N3O32. The highest BCUT2D eigenvalue weighted by Gasteiger charge is 2.59. The Labute approximate surface area is 689 Å². The van der Waals surface area contributed by atoms with Crippen molar-refractivity contribution >= 4 is 17.7 Å². The number of ether oxygens (including phenoxy) is 12. The van der Waals surface area contributed by atoms with Crippen molar-refractivity contribution in [3.8, 4) is 0 Å². The van der Waals surface area contributed by atoms with Crippen LogP contribution in [0.1, 0.15) is 240 Å². The minimum Gasteiger partial charge on any atom is -0.394 e. The molecule has 0 aromatic heterocycles. The van der Waals surface area contributed by atoms with Gasteiger partial charge in [0.25, 0.3) is 0 Å². The van der Waals surface area contributed by atoms with Crippen LogP contribution in [0.25, 0.3) is 0 Å². The van der Waals surface area contributed by atoms with Gasteiger partial charge in [-0.2, -0.15) is 0 Å². The Bertz CT molecular complexity index is 2740. The van der Waals surface area contributed by atoms with Crippen molar-refractivity contribution in [2.24, 2.45) is 0 Å². The van der Waals surface area contributed by atoms with Crippen molar-refractivity contribution in [2.75, 3.05) is 39.6 Å². The van der Waals surface area contributed by atoms with Gasteiger partial charge >= 0.3 is 0 Å². The second kappa shape index (κ2) is 55.9. The number of rotatable bonds is 56. The SMILES string of the molecule is CCCCCCCC/C=C\CCCCCCCCCCCCCC(=O)N[C@@H](CO[C@@H]1OC(CO)[C@@H](O[C@@H]2OC(CO)[C@H](O[C@@H]3OC(CO)[C@H](O)[C@H](O[C@@H]4OC(CO)[C@H](O)[C@H](O[C@@H]5OC(CO)[C@@H](O)[C@H](O[C@H]6OC(C)[C@@H](O)C(O)[C@@H]6O)C5NC(C)=O)C4O)C3NC(C)=O)[C@H](O)C2O)[C@H](O)C1O)[C@H](O)/C=C/CCCCCCCCCCCCC. The minimum absolute atomic E-state index is 0.179. The summed E-state index contributed by atoms with van der Waals surface area (Å²) in [5.41, 5.74) is 0. The van der Waals surface area contributed by atoms with Gasteiger partial charge in [0, 0.05) is 20.3 Å². The number of nitrogens with one attached hydrogen (secondary N) is 3. The van der Waals surface area contributed by atoms with Crippen molar-refractivity contribution < 1.29 is 158 Å². The standard InChI is InChI=1S/C82H147N3O32/c1-6-8-10-12-14-16-18-20-21-22-23-24-25-26-27-29-31-33-35-37-39-41-58(94)85-51(52(93)40-38-36-34-32-30-28-19-17-15-13-11-9-7-2)47-106-79-69(103)66(100)73(56(45-89)111-79)114-81-70(104)67(101)72(57(46-90)112-81)113-77-59(83-49(4)91)75(63(97)53(42-86)108-77)116-82-71(105)76(64(98)55(44-88)110-82)117-78-60(84-50(5)92)74(62(96)54(43-87)109-78)115-80-68(102)65(99)61(95)48(3)107-80/h20-21,38,40,48,51-57,59-82,86-90,93,95-105H,6-19,22-37,39,41-47H2,1-5H3,(H,83,91)(H,84,92)(H,85,94)/b21-20-,40-38+/t48?,51-,52+,53?,54?,55?,56?,57?,59?,60?,61+,62+,63-,64-,65?,66+,67+,68-,69?,70?,71?,72-,73+,74+,75+,76-,77-,78-,79+,80+,81-,82-/m0/s1. The van der Waals surface area contributed by atoms with Crippen LogP contribution >= 0.6 is 0 Å². The third-order valence-electron chi connectivity index (χ3n) is 22.8. The van der Waals surface area contributed by atoms with E-state index in [2.05, 4.69) is 41.9 Å².